The van der Waals surface area contributed by atoms with Crippen molar-refractivity contribution in [3.05, 3.63) is 18.3 Å². The van der Waals surface area contributed by atoms with Crippen LogP contribution >= 0.6 is 0 Å². The van der Waals surface area contributed by atoms with E-state index in [2.05, 4.69) is 9.71 Å². The van der Waals surface area contributed by atoms with Crippen molar-refractivity contribution in [1.82, 2.24) is 9.71 Å². The number of anilines is 1. The predicted molar refractivity (Wildman–Crippen MR) is 66.5 cm³/mol. The lowest BCUT2D eigenvalue weighted by Crippen LogP contribution is -2.35. The fraction of sp³-hybridized carbons (Fsp3) is 0.500. The molecular formula is C10H17N3O4S. The largest absolute Gasteiger partial charge is 0.383 e. The van der Waals surface area contributed by atoms with Crippen LogP contribution in [0.3, 0.4) is 0 Å². The van der Waals surface area contributed by atoms with Gasteiger partial charge in [0, 0.05) is 27.0 Å². The molecule has 1 heterocycles. The van der Waals surface area contributed by atoms with Gasteiger partial charge >= 0.3 is 0 Å². The summed E-state index contributed by atoms with van der Waals surface area (Å²) in [7, 11) is -0.691. The van der Waals surface area contributed by atoms with Crippen molar-refractivity contribution >= 4 is 15.8 Å². The number of ether oxygens (including phenoxy) is 2. The van der Waals surface area contributed by atoms with Crippen LogP contribution in [0.5, 0.6) is 0 Å². The van der Waals surface area contributed by atoms with Gasteiger partial charge in [0.25, 0.3) is 0 Å². The van der Waals surface area contributed by atoms with E-state index in [4.69, 9.17) is 15.2 Å². The summed E-state index contributed by atoms with van der Waals surface area (Å²) in [6, 6.07) is 2.90. The number of hydrogen-bond acceptors (Lipinski definition) is 6. The van der Waals surface area contributed by atoms with E-state index in [0.717, 1.165) is 0 Å². The molecule has 0 fully saturated rings. The number of rotatable bonds is 7. The zero-order valence-corrected chi connectivity index (χ0v) is 11.1. The van der Waals surface area contributed by atoms with Crippen LogP contribution in [-0.2, 0) is 19.5 Å². The van der Waals surface area contributed by atoms with Crippen molar-refractivity contribution in [2.45, 2.75) is 11.0 Å². The van der Waals surface area contributed by atoms with E-state index >= 15 is 0 Å². The highest BCUT2D eigenvalue weighted by Crippen LogP contribution is 2.13. The number of pyridine rings is 1. The van der Waals surface area contributed by atoms with Gasteiger partial charge in [-0.25, -0.2) is 18.1 Å². The van der Waals surface area contributed by atoms with Gasteiger partial charge < -0.3 is 15.2 Å². The van der Waals surface area contributed by atoms with Crippen LogP contribution in [0, 0.1) is 0 Å². The topological polar surface area (TPSA) is 104 Å². The van der Waals surface area contributed by atoms with Crippen LogP contribution in [0.15, 0.2) is 23.2 Å². The first-order chi connectivity index (χ1) is 8.51. The van der Waals surface area contributed by atoms with Crippen molar-refractivity contribution in [2.24, 2.45) is 0 Å². The highest BCUT2D eigenvalue weighted by atomic mass is 32.2. The molecule has 8 heteroatoms. The van der Waals surface area contributed by atoms with Crippen molar-refractivity contribution < 1.29 is 17.9 Å². The number of nitrogens with one attached hydrogen (secondary N) is 1. The molecule has 0 aliphatic carbocycles. The zero-order valence-electron chi connectivity index (χ0n) is 10.3. The molecule has 7 nitrogen and oxygen atoms in total. The average molecular weight is 275 g/mol. The normalized spacial score (nSPS) is 13.4. The zero-order chi connectivity index (χ0) is 13.6. The predicted octanol–water partition coefficient (Wildman–Crippen LogP) is -0.396. The van der Waals surface area contributed by atoms with Gasteiger partial charge in [0.15, 0.2) is 0 Å². The minimum Gasteiger partial charge on any atom is -0.383 e. The third-order valence-electron chi connectivity index (χ3n) is 2.28. The number of nitrogens with zero attached hydrogens (tertiary/aromatic N) is 1. The Morgan fingerprint density at radius 2 is 2.22 bits per heavy atom. The molecule has 0 saturated heterocycles. The molecule has 0 aliphatic heterocycles. The summed E-state index contributed by atoms with van der Waals surface area (Å²) >= 11 is 0. The van der Waals surface area contributed by atoms with Gasteiger partial charge in [-0.05, 0) is 12.1 Å². The van der Waals surface area contributed by atoms with E-state index in [9.17, 15) is 8.42 Å². The second-order valence-electron chi connectivity index (χ2n) is 3.55. The second kappa shape index (κ2) is 6.64. The van der Waals surface area contributed by atoms with Crippen LogP contribution in [0.2, 0.25) is 0 Å². The molecule has 1 rings (SSSR count). The molecule has 0 saturated carbocycles. The number of methoxy groups -OCH3 is 2. The fourth-order valence-corrected chi connectivity index (χ4v) is 2.45. The summed E-state index contributed by atoms with van der Waals surface area (Å²) in [5.74, 6) is -0.0364. The number of sulfonamides is 1. The maximum absolute atomic E-state index is 12.0. The molecule has 18 heavy (non-hydrogen) atoms. The maximum Gasteiger partial charge on any atom is 0.244 e. The lowest BCUT2D eigenvalue weighted by Gasteiger charge is -2.15. The third-order valence-corrected chi connectivity index (χ3v) is 3.75. The highest BCUT2D eigenvalue weighted by molar-refractivity contribution is 7.89. The summed E-state index contributed by atoms with van der Waals surface area (Å²) in [5.41, 5.74) is 5.52. The van der Waals surface area contributed by atoms with Crippen LogP contribution in [-0.4, -0.2) is 46.9 Å². The van der Waals surface area contributed by atoms with Crippen molar-refractivity contribution in [3.63, 3.8) is 0 Å². The summed E-state index contributed by atoms with van der Waals surface area (Å²) in [6.45, 7) is 0.391. The first-order valence-corrected chi connectivity index (χ1v) is 6.71. The summed E-state index contributed by atoms with van der Waals surface area (Å²) in [4.78, 5) is 3.69. The van der Waals surface area contributed by atoms with E-state index < -0.39 is 10.0 Å². The molecule has 1 aromatic rings. The summed E-state index contributed by atoms with van der Waals surface area (Å²) in [5, 5.41) is 0. The lowest BCUT2D eigenvalue weighted by molar-refractivity contribution is 0.0320. The molecule has 0 spiro atoms. The Morgan fingerprint density at radius 3 is 2.78 bits per heavy atom. The average Bonchev–Trinajstić information content (AvgIpc) is 2.34. The SMILES string of the molecule is COCC(CNS(=O)(=O)c1cccnc1N)OC. The van der Waals surface area contributed by atoms with Gasteiger partial charge in [-0.15, -0.1) is 0 Å². The summed E-state index contributed by atoms with van der Waals surface area (Å²) < 4.78 is 36.2. The van der Waals surface area contributed by atoms with Gasteiger partial charge in [0.2, 0.25) is 10.0 Å². The lowest BCUT2D eigenvalue weighted by atomic mass is 10.4. The molecule has 0 amide bonds. The van der Waals surface area contributed by atoms with E-state index in [1.165, 1.54) is 32.5 Å². The minimum atomic E-state index is -3.69. The first-order valence-electron chi connectivity index (χ1n) is 5.23. The monoisotopic (exact) mass is 275 g/mol. The van der Waals surface area contributed by atoms with E-state index in [1.807, 2.05) is 0 Å². The van der Waals surface area contributed by atoms with E-state index in [0.29, 0.717) is 6.61 Å². The van der Waals surface area contributed by atoms with Crippen molar-refractivity contribution in [3.8, 4) is 0 Å². The summed E-state index contributed by atoms with van der Waals surface area (Å²) in [6.07, 6.45) is 1.07. The molecular weight excluding hydrogens is 258 g/mol. The Hall–Kier alpha value is -1.22. The van der Waals surface area contributed by atoms with E-state index in [1.54, 1.807) is 0 Å². The van der Waals surface area contributed by atoms with Crippen LogP contribution in [0.25, 0.3) is 0 Å². The number of aromatic nitrogens is 1. The molecule has 0 aliphatic rings. The minimum absolute atomic E-state index is 0.0364. The Kier molecular flexibility index (Phi) is 5.48. The smallest absolute Gasteiger partial charge is 0.244 e. The molecule has 1 unspecified atom stereocenters. The van der Waals surface area contributed by atoms with Gasteiger partial charge in [-0.1, -0.05) is 0 Å². The van der Waals surface area contributed by atoms with E-state index in [-0.39, 0.29) is 23.4 Å². The van der Waals surface area contributed by atoms with Gasteiger partial charge in [-0.2, -0.15) is 0 Å². The molecule has 1 atom stereocenters. The Labute approximate surface area is 106 Å². The molecule has 3 N–H and O–H groups in total. The van der Waals surface area contributed by atoms with Crippen LogP contribution in [0.1, 0.15) is 0 Å². The molecule has 0 bridgehead atoms. The standard InChI is InChI=1S/C10H17N3O4S/c1-16-7-8(17-2)6-13-18(14,15)9-4-3-5-12-10(9)11/h3-5,8,13H,6-7H2,1-2H3,(H2,11,12). The fourth-order valence-electron chi connectivity index (χ4n) is 1.31. The molecule has 102 valence electrons. The Bertz CT molecular complexity index is 478. The van der Waals surface area contributed by atoms with Gasteiger partial charge in [-0.3, -0.25) is 0 Å². The number of nitrogens with two attached hydrogens (primary N) is 1. The number of hydrogen-bond donors (Lipinski definition) is 2. The van der Waals surface area contributed by atoms with Crippen molar-refractivity contribution in [1.29, 1.82) is 0 Å². The number of nitrogen functional groups attached to an aromatic ring is 1. The second-order valence-corrected chi connectivity index (χ2v) is 5.29. The van der Waals surface area contributed by atoms with Crippen molar-refractivity contribution in [2.75, 3.05) is 33.1 Å². The first kappa shape index (κ1) is 14.8. The highest BCUT2D eigenvalue weighted by Gasteiger charge is 2.19. The Morgan fingerprint density at radius 1 is 1.50 bits per heavy atom. The maximum atomic E-state index is 12.0. The Balaban J connectivity index is 2.74. The molecule has 1 aromatic heterocycles. The van der Waals surface area contributed by atoms with Gasteiger partial charge in [0.05, 0.1) is 12.7 Å². The molecule has 0 aromatic carbocycles. The third kappa shape index (κ3) is 3.91. The molecule has 0 radical (unpaired) electrons. The van der Waals surface area contributed by atoms with Crippen LogP contribution < -0.4 is 10.5 Å². The van der Waals surface area contributed by atoms with Crippen LogP contribution in [0.4, 0.5) is 5.82 Å². The van der Waals surface area contributed by atoms with Gasteiger partial charge in [0.1, 0.15) is 10.7 Å². The quantitative estimate of drug-likeness (QED) is 0.702.